The second-order valence-corrected chi connectivity index (χ2v) is 8.71. The second kappa shape index (κ2) is 13.9. The van der Waals surface area contributed by atoms with Crippen molar-refractivity contribution in [2.24, 2.45) is 0 Å². The molecule has 2 aromatic carbocycles. The van der Waals surface area contributed by atoms with Crippen molar-refractivity contribution in [3.8, 4) is 0 Å². The molecular weight excluding hydrogens is 474 g/mol. The summed E-state index contributed by atoms with van der Waals surface area (Å²) in [7, 11) is 1.32. The maximum atomic E-state index is 13.5. The van der Waals surface area contributed by atoms with E-state index in [0.29, 0.717) is 12.8 Å². The van der Waals surface area contributed by atoms with Gasteiger partial charge in [0.25, 0.3) is 0 Å². The largest absolute Gasteiger partial charge is 0.508 e. The van der Waals surface area contributed by atoms with Gasteiger partial charge < -0.3 is 18.9 Å². The van der Waals surface area contributed by atoms with Crippen LogP contribution in [0.15, 0.2) is 85.5 Å². The lowest BCUT2D eigenvalue weighted by Gasteiger charge is -2.47. The Hall–Kier alpha value is -4.07. The predicted molar refractivity (Wildman–Crippen MR) is 137 cm³/mol. The molecule has 0 spiro atoms. The SMILES string of the molecule is C=CC[C@@]1(CCC(=O)OC)C=CC[C@H](COC(=O)OCc2ccccc2)N1C(=O)OCc1ccccc1. The molecule has 37 heavy (non-hydrogen) atoms. The first-order valence-corrected chi connectivity index (χ1v) is 12.2. The van der Waals surface area contributed by atoms with E-state index in [1.54, 1.807) is 11.0 Å². The normalized spacial score (nSPS) is 18.5. The molecule has 2 atom stereocenters. The van der Waals surface area contributed by atoms with E-state index in [-0.39, 0.29) is 32.7 Å². The summed E-state index contributed by atoms with van der Waals surface area (Å²) in [5, 5.41) is 0. The van der Waals surface area contributed by atoms with Gasteiger partial charge in [-0.3, -0.25) is 9.69 Å². The summed E-state index contributed by atoms with van der Waals surface area (Å²) in [4.78, 5) is 39.3. The Labute approximate surface area is 217 Å². The van der Waals surface area contributed by atoms with E-state index in [4.69, 9.17) is 18.9 Å². The molecule has 3 rings (SSSR count). The average molecular weight is 508 g/mol. The van der Waals surface area contributed by atoms with Crippen LogP contribution in [-0.4, -0.2) is 48.4 Å². The number of hydrogen-bond acceptors (Lipinski definition) is 7. The van der Waals surface area contributed by atoms with Crippen LogP contribution >= 0.6 is 0 Å². The van der Waals surface area contributed by atoms with Gasteiger partial charge in [-0.05, 0) is 30.4 Å². The topological polar surface area (TPSA) is 91.4 Å². The van der Waals surface area contributed by atoms with Gasteiger partial charge in [0.1, 0.15) is 19.8 Å². The van der Waals surface area contributed by atoms with Crippen LogP contribution in [0.1, 0.15) is 36.8 Å². The van der Waals surface area contributed by atoms with Gasteiger partial charge in [-0.1, -0.05) is 78.9 Å². The molecule has 8 nitrogen and oxygen atoms in total. The molecule has 0 fully saturated rings. The van der Waals surface area contributed by atoms with Gasteiger partial charge in [0.2, 0.25) is 0 Å². The highest BCUT2D eigenvalue weighted by Gasteiger charge is 2.44. The number of rotatable bonds is 11. The van der Waals surface area contributed by atoms with Crippen LogP contribution in [0.25, 0.3) is 0 Å². The fraction of sp³-hybridized carbons (Fsp3) is 0.345. The maximum absolute atomic E-state index is 13.5. The van der Waals surface area contributed by atoms with E-state index < -0.39 is 29.8 Å². The van der Waals surface area contributed by atoms with E-state index in [1.807, 2.05) is 72.8 Å². The monoisotopic (exact) mass is 507 g/mol. The zero-order valence-corrected chi connectivity index (χ0v) is 21.0. The minimum Gasteiger partial charge on any atom is -0.469 e. The molecule has 0 unspecified atom stereocenters. The number of amides is 1. The van der Waals surface area contributed by atoms with Crippen molar-refractivity contribution in [3.05, 3.63) is 96.6 Å². The van der Waals surface area contributed by atoms with Gasteiger partial charge in [0.15, 0.2) is 0 Å². The van der Waals surface area contributed by atoms with Gasteiger partial charge in [-0.15, -0.1) is 6.58 Å². The molecule has 1 amide bonds. The fourth-order valence-electron chi connectivity index (χ4n) is 4.32. The van der Waals surface area contributed by atoms with Crippen LogP contribution in [0.5, 0.6) is 0 Å². The summed E-state index contributed by atoms with van der Waals surface area (Å²) >= 11 is 0. The Balaban J connectivity index is 1.75. The minimum absolute atomic E-state index is 0.0760. The highest BCUT2D eigenvalue weighted by Crippen LogP contribution is 2.36. The van der Waals surface area contributed by atoms with Crippen LogP contribution in [0.2, 0.25) is 0 Å². The first kappa shape index (κ1) is 27.5. The zero-order valence-electron chi connectivity index (χ0n) is 21.0. The van der Waals surface area contributed by atoms with Crippen LogP contribution in [0, 0.1) is 0 Å². The molecule has 1 aliphatic heterocycles. The lowest BCUT2D eigenvalue weighted by molar-refractivity contribution is -0.141. The first-order valence-electron chi connectivity index (χ1n) is 12.2. The third kappa shape index (κ3) is 7.96. The van der Waals surface area contributed by atoms with Crippen molar-refractivity contribution < 1.29 is 33.3 Å². The van der Waals surface area contributed by atoms with Crippen LogP contribution in [-0.2, 0) is 37.0 Å². The van der Waals surface area contributed by atoms with E-state index >= 15 is 0 Å². The summed E-state index contributed by atoms with van der Waals surface area (Å²) in [6.07, 6.45) is 5.28. The highest BCUT2D eigenvalue weighted by atomic mass is 16.7. The second-order valence-electron chi connectivity index (χ2n) is 8.71. The van der Waals surface area contributed by atoms with Crippen molar-refractivity contribution in [1.82, 2.24) is 4.90 Å². The molecule has 0 saturated carbocycles. The van der Waals surface area contributed by atoms with Crippen LogP contribution in [0.4, 0.5) is 9.59 Å². The summed E-state index contributed by atoms with van der Waals surface area (Å²) < 4.78 is 21.1. The van der Waals surface area contributed by atoms with Gasteiger partial charge in [-0.25, -0.2) is 9.59 Å². The van der Waals surface area contributed by atoms with Crippen molar-refractivity contribution in [3.63, 3.8) is 0 Å². The molecule has 0 radical (unpaired) electrons. The third-order valence-electron chi connectivity index (χ3n) is 6.16. The predicted octanol–water partition coefficient (Wildman–Crippen LogP) is 5.58. The first-order chi connectivity index (χ1) is 18.0. The Morgan fingerprint density at radius 2 is 1.59 bits per heavy atom. The number of benzene rings is 2. The molecule has 1 aliphatic rings. The molecule has 0 aromatic heterocycles. The van der Waals surface area contributed by atoms with Crippen molar-refractivity contribution in [2.75, 3.05) is 13.7 Å². The van der Waals surface area contributed by atoms with E-state index in [2.05, 4.69) is 6.58 Å². The standard InChI is InChI=1S/C29H33NO7/c1-3-17-29(19-16-26(31)34-2)18-10-15-25(22-37-28(33)36-21-24-13-8-5-9-14-24)30(29)27(32)35-20-23-11-6-4-7-12-23/h3-14,18,25H,1,15-17,19-22H2,2H3/t25-,29+/m1/s1. The van der Waals surface area contributed by atoms with Crippen molar-refractivity contribution in [2.45, 2.75) is 50.5 Å². The van der Waals surface area contributed by atoms with Crippen LogP contribution < -0.4 is 0 Å². The van der Waals surface area contributed by atoms with E-state index in [9.17, 15) is 14.4 Å². The number of carbonyl (C=O) groups excluding carboxylic acids is 3. The van der Waals surface area contributed by atoms with Gasteiger partial charge in [0, 0.05) is 6.42 Å². The van der Waals surface area contributed by atoms with Crippen molar-refractivity contribution >= 4 is 18.2 Å². The summed E-state index contributed by atoms with van der Waals surface area (Å²) in [5.74, 6) is -0.391. The fourth-order valence-corrected chi connectivity index (χ4v) is 4.32. The zero-order chi connectivity index (χ0) is 26.5. The maximum Gasteiger partial charge on any atom is 0.508 e. The molecule has 0 N–H and O–H groups in total. The summed E-state index contributed by atoms with van der Waals surface area (Å²) in [5.41, 5.74) is 0.771. The number of methoxy groups -OCH3 is 1. The number of esters is 1. The molecular formula is C29H33NO7. The molecule has 0 bridgehead atoms. The Morgan fingerprint density at radius 3 is 2.19 bits per heavy atom. The molecule has 0 aliphatic carbocycles. The van der Waals surface area contributed by atoms with Gasteiger partial charge in [0.05, 0.1) is 18.7 Å². The number of nitrogens with zero attached hydrogens (tertiary/aromatic N) is 1. The Kier molecular flexibility index (Phi) is 10.3. The third-order valence-corrected chi connectivity index (χ3v) is 6.16. The summed E-state index contributed by atoms with van der Waals surface area (Å²) in [6, 6.07) is 18.1. The lowest BCUT2D eigenvalue weighted by atomic mass is 9.82. The number of ether oxygens (including phenoxy) is 4. The molecule has 8 heteroatoms. The minimum atomic E-state index is -0.899. The lowest BCUT2D eigenvalue weighted by Crippen LogP contribution is -2.58. The average Bonchev–Trinajstić information content (AvgIpc) is 2.93. The quantitative estimate of drug-likeness (QED) is 0.223. The number of hydrogen-bond donors (Lipinski definition) is 0. The Bertz CT molecular complexity index is 1070. The molecule has 1 heterocycles. The van der Waals surface area contributed by atoms with E-state index in [0.717, 1.165) is 11.1 Å². The van der Waals surface area contributed by atoms with E-state index in [1.165, 1.54) is 7.11 Å². The molecule has 2 aromatic rings. The van der Waals surface area contributed by atoms with Gasteiger partial charge >= 0.3 is 18.2 Å². The molecule has 0 saturated heterocycles. The smallest absolute Gasteiger partial charge is 0.469 e. The summed E-state index contributed by atoms with van der Waals surface area (Å²) in [6.45, 7) is 3.90. The Morgan fingerprint density at radius 1 is 0.973 bits per heavy atom. The van der Waals surface area contributed by atoms with Crippen LogP contribution in [0.3, 0.4) is 0 Å². The van der Waals surface area contributed by atoms with Gasteiger partial charge in [-0.2, -0.15) is 0 Å². The van der Waals surface area contributed by atoms with Crippen molar-refractivity contribution in [1.29, 1.82) is 0 Å². The number of carbonyl (C=O) groups is 3. The molecule has 196 valence electrons. The highest BCUT2D eigenvalue weighted by molar-refractivity contribution is 5.72.